The monoisotopic (exact) mass is 404 g/mol. The van der Waals surface area contributed by atoms with Crippen LogP contribution in [0.3, 0.4) is 0 Å². The molecular weight excluding hydrogens is 372 g/mol. The van der Waals surface area contributed by atoms with Crippen LogP contribution in [0.25, 0.3) is 0 Å². The molecule has 0 aliphatic heterocycles. The Bertz CT molecular complexity index is 712. The number of ether oxygens (including phenoxy) is 3. The van der Waals surface area contributed by atoms with Crippen LogP contribution in [0.5, 0.6) is 5.75 Å². The fourth-order valence-corrected chi connectivity index (χ4v) is 2.37. The van der Waals surface area contributed by atoms with E-state index in [1.807, 2.05) is 24.3 Å². The zero-order valence-corrected chi connectivity index (χ0v) is 17.5. The van der Waals surface area contributed by atoms with E-state index in [4.69, 9.17) is 19.9 Å². The van der Waals surface area contributed by atoms with E-state index in [9.17, 15) is 0 Å². The standard InChI is InChI=1S/C20H32N6O3/c1-15(2)18-24-19(22-9-11-29-13-12-28-10-8-21)26-20(25-18)23-14-16-4-6-17(27-3)7-5-16/h4-7,15H,8-14,21H2,1-3H3,(H2,22,23,24,25,26). The lowest BCUT2D eigenvalue weighted by molar-refractivity contribution is 0.0547. The number of hydrogen-bond acceptors (Lipinski definition) is 9. The fraction of sp³-hybridized carbons (Fsp3) is 0.550. The summed E-state index contributed by atoms with van der Waals surface area (Å²) in [6.07, 6.45) is 0. The Kier molecular flexibility index (Phi) is 10.1. The second-order valence-corrected chi connectivity index (χ2v) is 6.64. The third-order valence-electron chi connectivity index (χ3n) is 3.94. The number of aromatic nitrogens is 3. The number of anilines is 2. The van der Waals surface area contributed by atoms with Crippen molar-refractivity contribution in [1.82, 2.24) is 15.0 Å². The smallest absolute Gasteiger partial charge is 0.228 e. The summed E-state index contributed by atoms with van der Waals surface area (Å²) < 4.78 is 16.0. The predicted octanol–water partition coefficient (Wildman–Crippen LogP) is 2.02. The van der Waals surface area contributed by atoms with Crippen LogP contribution in [0, 0.1) is 0 Å². The molecule has 0 saturated carbocycles. The molecule has 0 atom stereocenters. The van der Waals surface area contributed by atoms with Gasteiger partial charge in [0.15, 0.2) is 0 Å². The molecular formula is C20H32N6O3. The van der Waals surface area contributed by atoms with Crippen molar-refractivity contribution < 1.29 is 14.2 Å². The molecule has 29 heavy (non-hydrogen) atoms. The maximum Gasteiger partial charge on any atom is 0.228 e. The van der Waals surface area contributed by atoms with Crippen LogP contribution in [0.4, 0.5) is 11.9 Å². The lowest BCUT2D eigenvalue weighted by Crippen LogP contribution is -2.17. The molecule has 0 fully saturated rings. The largest absolute Gasteiger partial charge is 0.497 e. The van der Waals surface area contributed by atoms with Crippen molar-refractivity contribution in [3.8, 4) is 5.75 Å². The molecule has 0 amide bonds. The van der Waals surface area contributed by atoms with E-state index >= 15 is 0 Å². The highest BCUT2D eigenvalue weighted by molar-refractivity contribution is 5.36. The minimum Gasteiger partial charge on any atom is -0.497 e. The van der Waals surface area contributed by atoms with E-state index in [0.29, 0.717) is 58.0 Å². The van der Waals surface area contributed by atoms with Crippen LogP contribution in [-0.4, -0.2) is 61.6 Å². The topological polar surface area (TPSA) is 116 Å². The molecule has 1 aromatic heterocycles. The van der Waals surface area contributed by atoms with E-state index in [0.717, 1.165) is 17.1 Å². The molecule has 0 aliphatic carbocycles. The highest BCUT2D eigenvalue weighted by atomic mass is 16.5. The van der Waals surface area contributed by atoms with Gasteiger partial charge in [-0.05, 0) is 17.7 Å². The van der Waals surface area contributed by atoms with Crippen molar-refractivity contribution in [1.29, 1.82) is 0 Å². The SMILES string of the molecule is COc1ccc(CNc2nc(NCCOCCOCCN)nc(C(C)C)n2)cc1. The molecule has 0 aliphatic rings. The number of rotatable bonds is 14. The third-order valence-corrected chi connectivity index (χ3v) is 3.94. The van der Waals surface area contributed by atoms with Gasteiger partial charge < -0.3 is 30.6 Å². The van der Waals surface area contributed by atoms with Crippen molar-refractivity contribution in [2.24, 2.45) is 5.73 Å². The Labute approximate surface area is 172 Å². The number of benzene rings is 1. The van der Waals surface area contributed by atoms with Gasteiger partial charge in [0.2, 0.25) is 11.9 Å². The summed E-state index contributed by atoms with van der Waals surface area (Å²) in [5, 5.41) is 6.45. The number of nitrogens with two attached hydrogens (primary N) is 1. The molecule has 0 radical (unpaired) electrons. The Hall–Kier alpha value is -2.49. The number of nitrogens with zero attached hydrogens (tertiary/aromatic N) is 3. The molecule has 160 valence electrons. The molecule has 0 saturated heterocycles. The Morgan fingerprint density at radius 3 is 2.17 bits per heavy atom. The minimum atomic E-state index is 0.191. The van der Waals surface area contributed by atoms with Crippen LogP contribution in [0.15, 0.2) is 24.3 Å². The maximum absolute atomic E-state index is 5.51. The van der Waals surface area contributed by atoms with Crippen molar-refractivity contribution in [3.05, 3.63) is 35.7 Å². The molecule has 1 aromatic carbocycles. The molecule has 0 bridgehead atoms. The van der Waals surface area contributed by atoms with Gasteiger partial charge in [0.1, 0.15) is 11.6 Å². The van der Waals surface area contributed by atoms with Gasteiger partial charge in [0, 0.05) is 25.6 Å². The van der Waals surface area contributed by atoms with E-state index in [1.165, 1.54) is 0 Å². The Balaban J connectivity index is 1.85. The molecule has 4 N–H and O–H groups in total. The van der Waals surface area contributed by atoms with Crippen LogP contribution in [0.2, 0.25) is 0 Å². The van der Waals surface area contributed by atoms with Crippen molar-refractivity contribution in [2.45, 2.75) is 26.3 Å². The molecule has 0 unspecified atom stereocenters. The van der Waals surface area contributed by atoms with Crippen molar-refractivity contribution >= 4 is 11.9 Å². The summed E-state index contributed by atoms with van der Waals surface area (Å²) in [6, 6.07) is 7.87. The predicted molar refractivity (Wildman–Crippen MR) is 113 cm³/mol. The van der Waals surface area contributed by atoms with Crippen molar-refractivity contribution in [2.75, 3.05) is 57.3 Å². The molecule has 0 spiro atoms. The van der Waals surface area contributed by atoms with E-state index in [-0.39, 0.29) is 5.92 Å². The average molecular weight is 405 g/mol. The first kappa shape index (κ1) is 22.8. The second kappa shape index (κ2) is 12.9. The van der Waals surface area contributed by atoms with Gasteiger partial charge in [0.05, 0.1) is 33.5 Å². The summed E-state index contributed by atoms with van der Waals surface area (Å²) >= 11 is 0. The van der Waals surface area contributed by atoms with Gasteiger partial charge in [0.25, 0.3) is 0 Å². The van der Waals surface area contributed by atoms with E-state index in [1.54, 1.807) is 7.11 Å². The molecule has 9 nitrogen and oxygen atoms in total. The van der Waals surface area contributed by atoms with E-state index < -0.39 is 0 Å². The van der Waals surface area contributed by atoms with E-state index in [2.05, 4.69) is 39.4 Å². The first-order valence-electron chi connectivity index (χ1n) is 9.84. The lowest BCUT2D eigenvalue weighted by atomic mass is 10.2. The summed E-state index contributed by atoms with van der Waals surface area (Å²) in [6.45, 7) is 7.99. The molecule has 2 rings (SSSR count). The van der Waals surface area contributed by atoms with Crippen molar-refractivity contribution in [3.63, 3.8) is 0 Å². The Morgan fingerprint density at radius 2 is 1.55 bits per heavy atom. The van der Waals surface area contributed by atoms with Gasteiger partial charge >= 0.3 is 0 Å². The zero-order valence-electron chi connectivity index (χ0n) is 17.5. The maximum atomic E-state index is 5.51. The van der Waals surface area contributed by atoms with Crippen LogP contribution < -0.4 is 21.1 Å². The van der Waals surface area contributed by atoms with Gasteiger partial charge in [-0.2, -0.15) is 15.0 Å². The normalized spacial score (nSPS) is 10.9. The van der Waals surface area contributed by atoms with Crippen LogP contribution >= 0.6 is 0 Å². The summed E-state index contributed by atoms with van der Waals surface area (Å²) in [5.41, 5.74) is 6.47. The first-order chi connectivity index (χ1) is 14.1. The minimum absolute atomic E-state index is 0.191. The van der Waals surface area contributed by atoms with Gasteiger partial charge in [-0.15, -0.1) is 0 Å². The molecule has 2 aromatic rings. The summed E-state index contributed by atoms with van der Waals surface area (Å²) in [5.74, 6) is 2.82. The molecule has 9 heteroatoms. The second-order valence-electron chi connectivity index (χ2n) is 6.64. The first-order valence-corrected chi connectivity index (χ1v) is 9.84. The molecule has 1 heterocycles. The van der Waals surface area contributed by atoms with Gasteiger partial charge in [-0.1, -0.05) is 26.0 Å². The van der Waals surface area contributed by atoms with Crippen LogP contribution in [-0.2, 0) is 16.0 Å². The van der Waals surface area contributed by atoms with Gasteiger partial charge in [-0.25, -0.2) is 0 Å². The third kappa shape index (κ3) is 8.59. The number of nitrogens with one attached hydrogen (secondary N) is 2. The van der Waals surface area contributed by atoms with Gasteiger partial charge in [-0.3, -0.25) is 0 Å². The zero-order chi connectivity index (χ0) is 20.9. The summed E-state index contributed by atoms with van der Waals surface area (Å²) in [4.78, 5) is 13.5. The highest BCUT2D eigenvalue weighted by Gasteiger charge is 2.09. The summed E-state index contributed by atoms with van der Waals surface area (Å²) in [7, 11) is 1.65. The number of methoxy groups -OCH3 is 1. The highest BCUT2D eigenvalue weighted by Crippen LogP contribution is 2.15. The fourth-order valence-electron chi connectivity index (χ4n) is 2.37. The van der Waals surface area contributed by atoms with Crippen LogP contribution in [0.1, 0.15) is 31.2 Å². The lowest BCUT2D eigenvalue weighted by Gasteiger charge is -2.12. The number of hydrogen-bond donors (Lipinski definition) is 3. The quantitative estimate of drug-likeness (QED) is 0.407. The average Bonchev–Trinajstić information content (AvgIpc) is 2.74. The Morgan fingerprint density at radius 1 is 0.897 bits per heavy atom.